The van der Waals surface area contributed by atoms with Gasteiger partial charge in [-0.3, -0.25) is 0 Å². The minimum Gasteiger partial charge on any atom is -0.320 e. The third-order valence-corrected chi connectivity index (χ3v) is 4.25. The molecule has 1 aromatic heterocycles. The molecule has 0 radical (unpaired) electrons. The van der Waals surface area contributed by atoms with Crippen LogP contribution in [0.3, 0.4) is 0 Å². The zero-order chi connectivity index (χ0) is 11.7. The highest BCUT2D eigenvalue weighted by atomic mass is 35.5. The Morgan fingerprint density at radius 1 is 1.19 bits per heavy atom. The van der Waals surface area contributed by atoms with Crippen molar-refractivity contribution < 1.29 is 0 Å². The molecule has 0 fully saturated rings. The van der Waals surface area contributed by atoms with Gasteiger partial charge in [0, 0.05) is 9.90 Å². The summed E-state index contributed by atoms with van der Waals surface area (Å²) in [6, 6.07) is 8.03. The van der Waals surface area contributed by atoms with Crippen LogP contribution in [0.15, 0.2) is 29.6 Å². The van der Waals surface area contributed by atoms with Gasteiger partial charge in [0.15, 0.2) is 0 Å². The van der Waals surface area contributed by atoms with E-state index in [0.717, 1.165) is 16.1 Å². The Morgan fingerprint density at radius 2 is 1.94 bits per heavy atom. The van der Waals surface area contributed by atoms with Gasteiger partial charge < -0.3 is 5.73 Å². The SMILES string of the molecule is Cc1cc(C(N)c2sccc2C)ccc1Cl. The molecule has 0 saturated carbocycles. The van der Waals surface area contributed by atoms with Crippen molar-refractivity contribution in [2.45, 2.75) is 19.9 Å². The largest absolute Gasteiger partial charge is 0.320 e. The van der Waals surface area contributed by atoms with Crippen LogP contribution < -0.4 is 5.73 Å². The monoisotopic (exact) mass is 251 g/mol. The second-order valence-corrected chi connectivity index (χ2v) is 5.31. The highest BCUT2D eigenvalue weighted by molar-refractivity contribution is 7.10. The van der Waals surface area contributed by atoms with E-state index in [1.165, 1.54) is 10.4 Å². The molecule has 1 unspecified atom stereocenters. The molecule has 2 aromatic rings. The lowest BCUT2D eigenvalue weighted by atomic mass is 10.0. The van der Waals surface area contributed by atoms with Gasteiger partial charge in [0.25, 0.3) is 0 Å². The Labute approximate surface area is 105 Å². The summed E-state index contributed by atoms with van der Waals surface area (Å²) < 4.78 is 0. The molecular formula is C13H14ClNS. The smallest absolute Gasteiger partial charge is 0.0648 e. The summed E-state index contributed by atoms with van der Waals surface area (Å²) in [5.41, 5.74) is 9.69. The van der Waals surface area contributed by atoms with Crippen molar-refractivity contribution in [1.29, 1.82) is 0 Å². The van der Waals surface area contributed by atoms with Gasteiger partial charge in [-0.2, -0.15) is 0 Å². The number of nitrogens with two attached hydrogens (primary N) is 1. The van der Waals surface area contributed by atoms with Gasteiger partial charge in [-0.1, -0.05) is 23.7 Å². The molecule has 0 spiro atoms. The summed E-state index contributed by atoms with van der Waals surface area (Å²) in [6.07, 6.45) is 0. The van der Waals surface area contributed by atoms with Crippen LogP contribution in [0, 0.1) is 13.8 Å². The highest BCUT2D eigenvalue weighted by Gasteiger charge is 2.13. The highest BCUT2D eigenvalue weighted by Crippen LogP contribution is 2.29. The zero-order valence-electron chi connectivity index (χ0n) is 9.33. The molecule has 0 aliphatic carbocycles. The van der Waals surface area contributed by atoms with Crippen LogP contribution >= 0.6 is 22.9 Å². The van der Waals surface area contributed by atoms with Gasteiger partial charge in [-0.15, -0.1) is 11.3 Å². The summed E-state index contributed by atoms with van der Waals surface area (Å²) in [5, 5.41) is 2.87. The number of rotatable bonds is 2. The van der Waals surface area contributed by atoms with Gasteiger partial charge >= 0.3 is 0 Å². The number of hydrogen-bond acceptors (Lipinski definition) is 2. The fraction of sp³-hybridized carbons (Fsp3) is 0.231. The van der Waals surface area contributed by atoms with Crippen molar-refractivity contribution in [3.05, 3.63) is 56.2 Å². The van der Waals surface area contributed by atoms with Crippen molar-refractivity contribution in [3.8, 4) is 0 Å². The topological polar surface area (TPSA) is 26.0 Å². The van der Waals surface area contributed by atoms with Gasteiger partial charge in [-0.05, 0) is 48.1 Å². The van der Waals surface area contributed by atoms with Crippen LogP contribution in [-0.2, 0) is 0 Å². The van der Waals surface area contributed by atoms with Crippen LogP contribution in [0.1, 0.15) is 27.6 Å². The molecule has 1 nitrogen and oxygen atoms in total. The first-order chi connectivity index (χ1) is 7.59. The fourth-order valence-corrected chi connectivity index (χ4v) is 2.79. The molecule has 2 N–H and O–H groups in total. The maximum absolute atomic E-state index is 6.25. The average Bonchev–Trinajstić information content (AvgIpc) is 2.67. The Hall–Kier alpha value is -0.830. The molecule has 0 saturated heterocycles. The molecule has 0 amide bonds. The van der Waals surface area contributed by atoms with Gasteiger partial charge in [-0.25, -0.2) is 0 Å². The van der Waals surface area contributed by atoms with E-state index < -0.39 is 0 Å². The molecule has 3 heteroatoms. The maximum atomic E-state index is 6.25. The summed E-state index contributed by atoms with van der Waals surface area (Å²) in [5.74, 6) is 0. The van der Waals surface area contributed by atoms with E-state index in [0.29, 0.717) is 0 Å². The van der Waals surface area contributed by atoms with E-state index in [1.54, 1.807) is 11.3 Å². The summed E-state index contributed by atoms with van der Waals surface area (Å²) in [6.45, 7) is 4.09. The van der Waals surface area contributed by atoms with E-state index in [4.69, 9.17) is 17.3 Å². The van der Waals surface area contributed by atoms with Crippen LogP contribution in [0.5, 0.6) is 0 Å². The molecule has 0 aliphatic rings. The summed E-state index contributed by atoms with van der Waals surface area (Å²) in [7, 11) is 0. The molecule has 0 aliphatic heterocycles. The van der Waals surface area contributed by atoms with Crippen molar-refractivity contribution in [1.82, 2.24) is 0 Å². The zero-order valence-corrected chi connectivity index (χ0v) is 10.9. The number of aryl methyl sites for hydroxylation is 2. The fourth-order valence-electron chi connectivity index (χ4n) is 1.72. The lowest BCUT2D eigenvalue weighted by molar-refractivity contribution is 0.883. The quantitative estimate of drug-likeness (QED) is 0.856. The van der Waals surface area contributed by atoms with E-state index in [9.17, 15) is 0 Å². The number of halogens is 1. The predicted octanol–water partition coefficient (Wildman–Crippen LogP) is 4.07. The molecule has 1 atom stereocenters. The lowest BCUT2D eigenvalue weighted by Gasteiger charge is -2.12. The molecule has 1 aromatic carbocycles. The minimum atomic E-state index is -0.0454. The van der Waals surface area contributed by atoms with Gasteiger partial charge in [0.2, 0.25) is 0 Å². The van der Waals surface area contributed by atoms with Crippen molar-refractivity contribution in [3.63, 3.8) is 0 Å². The van der Waals surface area contributed by atoms with Gasteiger partial charge in [0.05, 0.1) is 6.04 Å². The summed E-state index contributed by atoms with van der Waals surface area (Å²) >= 11 is 7.71. The van der Waals surface area contributed by atoms with Crippen LogP contribution in [-0.4, -0.2) is 0 Å². The molecule has 2 rings (SSSR count). The maximum Gasteiger partial charge on any atom is 0.0648 e. The van der Waals surface area contributed by atoms with Crippen LogP contribution in [0.2, 0.25) is 5.02 Å². The Morgan fingerprint density at radius 3 is 2.50 bits per heavy atom. The molecule has 84 valence electrons. The second-order valence-electron chi connectivity index (χ2n) is 3.95. The third kappa shape index (κ3) is 2.14. The molecule has 16 heavy (non-hydrogen) atoms. The van der Waals surface area contributed by atoms with Crippen molar-refractivity contribution >= 4 is 22.9 Å². The number of thiophene rings is 1. The number of benzene rings is 1. The van der Waals surface area contributed by atoms with Crippen LogP contribution in [0.25, 0.3) is 0 Å². The number of hydrogen-bond donors (Lipinski definition) is 1. The standard InChI is InChI=1S/C13H14ClNS/c1-8-5-6-16-13(8)12(15)10-3-4-11(14)9(2)7-10/h3-7,12H,15H2,1-2H3. The first kappa shape index (κ1) is 11.6. The Bertz CT molecular complexity index is 504. The summed E-state index contributed by atoms with van der Waals surface area (Å²) in [4.78, 5) is 1.22. The first-order valence-electron chi connectivity index (χ1n) is 5.15. The average molecular weight is 252 g/mol. The van der Waals surface area contributed by atoms with Crippen LogP contribution in [0.4, 0.5) is 0 Å². The normalized spacial score (nSPS) is 12.8. The van der Waals surface area contributed by atoms with E-state index in [2.05, 4.69) is 24.4 Å². The Kier molecular flexibility index (Phi) is 3.33. The lowest BCUT2D eigenvalue weighted by Crippen LogP contribution is -2.11. The van der Waals surface area contributed by atoms with Gasteiger partial charge in [0.1, 0.15) is 0 Å². The molecular weight excluding hydrogens is 238 g/mol. The first-order valence-corrected chi connectivity index (χ1v) is 6.41. The minimum absolute atomic E-state index is 0.0454. The predicted molar refractivity (Wildman–Crippen MR) is 71.3 cm³/mol. The van der Waals surface area contributed by atoms with Crippen molar-refractivity contribution in [2.75, 3.05) is 0 Å². The molecule has 0 bridgehead atoms. The van der Waals surface area contributed by atoms with E-state index >= 15 is 0 Å². The second kappa shape index (κ2) is 4.58. The van der Waals surface area contributed by atoms with Crippen molar-refractivity contribution in [2.24, 2.45) is 5.73 Å². The van der Waals surface area contributed by atoms with E-state index in [1.807, 2.05) is 19.1 Å². The third-order valence-electron chi connectivity index (χ3n) is 2.73. The van der Waals surface area contributed by atoms with E-state index in [-0.39, 0.29) is 6.04 Å². The Balaban J connectivity index is 2.38. The molecule has 1 heterocycles.